The van der Waals surface area contributed by atoms with E-state index in [2.05, 4.69) is 20.7 Å². The number of H-pyrrole nitrogens is 1. The molecule has 2 aromatic rings. The van der Waals surface area contributed by atoms with Crippen molar-refractivity contribution in [2.45, 2.75) is 54.9 Å². The highest BCUT2D eigenvalue weighted by atomic mass is 32.2. The van der Waals surface area contributed by atoms with Crippen molar-refractivity contribution in [2.24, 2.45) is 0 Å². The average Bonchev–Trinajstić information content (AvgIpc) is 3.14. The lowest BCUT2D eigenvalue weighted by Gasteiger charge is -2.44. The fourth-order valence-electron chi connectivity index (χ4n) is 4.92. The SMILES string of the molecule is CC1(C)S[C@@H]2[C@H](NC(=O)C(NC(=O)c3cnc4ccc(=O)[nH]n4c3=O)C3=CCC=CC3)C(=O)N2[C@H]1C(=O)O. The van der Waals surface area contributed by atoms with Crippen LogP contribution in [-0.2, 0) is 14.4 Å². The van der Waals surface area contributed by atoms with Gasteiger partial charge in [0.05, 0.1) is 0 Å². The smallest absolute Gasteiger partial charge is 0.327 e. The van der Waals surface area contributed by atoms with Gasteiger partial charge in [0.2, 0.25) is 11.8 Å². The standard InChI is InChI=1S/C24H24N6O7S/c1-24(2)17(23(36)37)29-21(35)16(22(29)38-24)27-19(33)15(11-6-4-3-5-7-11)26-18(32)12-10-25-13-8-9-14(31)28-30(13)20(12)34/h3-4,7-10,15-17,22H,5-6H2,1-2H3,(H,26,32)(H,27,33)(H,28,31)(H,36,37)/t15?,16-,17+,22-/m1/s1. The van der Waals surface area contributed by atoms with E-state index in [-0.39, 0.29) is 5.65 Å². The van der Waals surface area contributed by atoms with E-state index in [4.69, 9.17) is 0 Å². The normalized spacial score (nSPS) is 24.3. The highest BCUT2D eigenvalue weighted by Crippen LogP contribution is 2.50. The third-order valence-corrected chi connectivity index (χ3v) is 8.33. The summed E-state index contributed by atoms with van der Waals surface area (Å²) in [6.07, 6.45) is 7.45. The minimum absolute atomic E-state index is 0.130. The number of carbonyl (C=O) groups is 4. The Morgan fingerprint density at radius 1 is 1.21 bits per heavy atom. The van der Waals surface area contributed by atoms with Gasteiger partial charge < -0.3 is 20.6 Å². The third-order valence-electron chi connectivity index (χ3n) is 6.76. The summed E-state index contributed by atoms with van der Waals surface area (Å²) < 4.78 is 0.0800. The molecule has 2 aliphatic heterocycles. The van der Waals surface area contributed by atoms with Crippen LogP contribution in [0.1, 0.15) is 37.0 Å². The molecule has 13 nitrogen and oxygen atoms in total. The number of amides is 3. The molecule has 0 spiro atoms. The number of carboxylic acids is 1. The zero-order chi connectivity index (χ0) is 27.4. The monoisotopic (exact) mass is 540 g/mol. The number of hydrogen-bond acceptors (Lipinski definition) is 8. The molecule has 198 valence electrons. The number of aromatic amines is 1. The van der Waals surface area contributed by atoms with Gasteiger partial charge in [0.1, 0.15) is 29.1 Å². The Morgan fingerprint density at radius 3 is 2.66 bits per heavy atom. The summed E-state index contributed by atoms with van der Waals surface area (Å²) in [5, 5.41) is 16.6. The number of nitrogens with zero attached hydrogens (tertiary/aromatic N) is 3. The van der Waals surface area contributed by atoms with Crippen LogP contribution in [0.25, 0.3) is 5.65 Å². The Kier molecular flexibility index (Phi) is 6.21. The van der Waals surface area contributed by atoms with E-state index < -0.39 is 68.6 Å². The number of carbonyl (C=O) groups excluding carboxylic acids is 3. The molecule has 2 saturated heterocycles. The molecule has 0 radical (unpaired) electrons. The van der Waals surface area contributed by atoms with E-state index in [1.54, 1.807) is 19.9 Å². The summed E-state index contributed by atoms with van der Waals surface area (Å²) in [6, 6.07) is -0.684. The highest BCUT2D eigenvalue weighted by molar-refractivity contribution is 8.01. The summed E-state index contributed by atoms with van der Waals surface area (Å²) >= 11 is 1.29. The van der Waals surface area contributed by atoms with Crippen molar-refractivity contribution in [2.75, 3.05) is 0 Å². The predicted octanol–water partition coefficient (Wildman–Crippen LogP) is -0.611. The zero-order valence-electron chi connectivity index (χ0n) is 20.3. The molecule has 2 fully saturated rings. The maximum atomic E-state index is 13.4. The first-order chi connectivity index (χ1) is 18.0. The minimum atomic E-state index is -1.21. The van der Waals surface area contributed by atoms with Crippen LogP contribution < -0.4 is 21.8 Å². The molecule has 3 aliphatic rings. The Labute approximate surface area is 219 Å². The lowest BCUT2D eigenvalue weighted by molar-refractivity contribution is -0.161. The Hall–Kier alpha value is -4.20. The van der Waals surface area contributed by atoms with Gasteiger partial charge in [-0.25, -0.2) is 9.78 Å². The van der Waals surface area contributed by atoms with Gasteiger partial charge in [0, 0.05) is 17.0 Å². The quantitative estimate of drug-likeness (QED) is 0.274. The molecule has 0 saturated carbocycles. The molecule has 4 N–H and O–H groups in total. The summed E-state index contributed by atoms with van der Waals surface area (Å²) in [7, 11) is 0. The molecule has 14 heteroatoms. The Balaban J connectivity index is 1.39. The number of allylic oxidation sites excluding steroid dienone is 3. The van der Waals surface area contributed by atoms with Gasteiger partial charge >= 0.3 is 5.97 Å². The second kappa shape index (κ2) is 9.28. The maximum Gasteiger partial charge on any atom is 0.327 e. The van der Waals surface area contributed by atoms with Crippen molar-refractivity contribution in [3.63, 3.8) is 0 Å². The summed E-state index contributed by atoms with van der Waals surface area (Å²) in [5.74, 6) is -3.19. The zero-order valence-corrected chi connectivity index (χ0v) is 21.2. The van der Waals surface area contributed by atoms with Crippen LogP contribution in [0.5, 0.6) is 0 Å². The Morgan fingerprint density at radius 2 is 1.97 bits per heavy atom. The number of thioether (sulfide) groups is 1. The molecule has 5 rings (SSSR count). The molecule has 2 aromatic heterocycles. The summed E-state index contributed by atoms with van der Waals surface area (Å²) in [4.78, 5) is 81.0. The van der Waals surface area contributed by atoms with Crippen LogP contribution in [0.2, 0.25) is 0 Å². The van der Waals surface area contributed by atoms with Crippen LogP contribution in [0.3, 0.4) is 0 Å². The number of nitrogens with one attached hydrogen (secondary N) is 3. The number of rotatable bonds is 6. The lowest BCUT2D eigenvalue weighted by Crippen LogP contribution is -2.71. The molecular weight excluding hydrogens is 516 g/mol. The lowest BCUT2D eigenvalue weighted by atomic mass is 9.94. The van der Waals surface area contributed by atoms with Crippen LogP contribution in [-0.4, -0.2) is 76.5 Å². The number of fused-ring (bicyclic) bond motifs is 2. The van der Waals surface area contributed by atoms with Crippen molar-refractivity contribution in [1.29, 1.82) is 0 Å². The average molecular weight is 541 g/mol. The second-order valence-corrected chi connectivity index (χ2v) is 11.4. The van der Waals surface area contributed by atoms with Gasteiger partial charge in [-0.2, -0.15) is 4.52 Å². The molecule has 3 amide bonds. The van der Waals surface area contributed by atoms with E-state index in [1.807, 2.05) is 12.2 Å². The van der Waals surface area contributed by atoms with Crippen molar-refractivity contribution in [1.82, 2.24) is 30.1 Å². The molecule has 1 unspecified atom stereocenters. The number of aromatic nitrogens is 3. The van der Waals surface area contributed by atoms with E-state index in [0.717, 1.165) is 10.7 Å². The molecular formula is C24H24N6O7S. The van der Waals surface area contributed by atoms with Crippen molar-refractivity contribution in [3.8, 4) is 0 Å². The van der Waals surface area contributed by atoms with E-state index in [9.17, 15) is 33.9 Å². The van der Waals surface area contributed by atoms with Gasteiger partial charge in [0.15, 0.2) is 5.65 Å². The van der Waals surface area contributed by atoms with Gasteiger partial charge in [-0.15, -0.1) is 11.8 Å². The van der Waals surface area contributed by atoms with Crippen molar-refractivity contribution < 1.29 is 24.3 Å². The number of aliphatic carboxylic acids is 1. The first-order valence-corrected chi connectivity index (χ1v) is 12.7. The van der Waals surface area contributed by atoms with Crippen LogP contribution in [0.15, 0.2) is 51.7 Å². The molecule has 0 bridgehead atoms. The second-order valence-electron chi connectivity index (χ2n) is 9.66. The largest absolute Gasteiger partial charge is 0.480 e. The van der Waals surface area contributed by atoms with E-state index >= 15 is 0 Å². The van der Waals surface area contributed by atoms with Gasteiger partial charge in [0.25, 0.3) is 17.0 Å². The highest BCUT2D eigenvalue weighted by Gasteiger charge is 2.64. The summed E-state index contributed by atoms with van der Waals surface area (Å²) in [6.45, 7) is 3.46. The van der Waals surface area contributed by atoms with Crippen LogP contribution in [0.4, 0.5) is 0 Å². The van der Waals surface area contributed by atoms with Crippen molar-refractivity contribution >= 4 is 41.1 Å². The molecule has 0 aromatic carbocycles. The predicted molar refractivity (Wildman–Crippen MR) is 135 cm³/mol. The van der Waals surface area contributed by atoms with Crippen molar-refractivity contribution in [3.05, 3.63) is 68.4 Å². The molecule has 4 atom stereocenters. The van der Waals surface area contributed by atoms with E-state index in [0.29, 0.717) is 18.4 Å². The van der Waals surface area contributed by atoms with Gasteiger partial charge in [-0.1, -0.05) is 18.2 Å². The first-order valence-electron chi connectivity index (χ1n) is 11.8. The van der Waals surface area contributed by atoms with Gasteiger partial charge in [-0.05, 0) is 38.3 Å². The fraction of sp³-hybridized carbons (Fsp3) is 0.375. The molecule has 1 aliphatic carbocycles. The Bertz CT molecular complexity index is 1560. The van der Waals surface area contributed by atoms with E-state index in [1.165, 1.54) is 28.8 Å². The molecule has 38 heavy (non-hydrogen) atoms. The molecule has 4 heterocycles. The summed E-state index contributed by atoms with van der Waals surface area (Å²) in [5.41, 5.74) is -1.08. The fourth-order valence-corrected chi connectivity index (χ4v) is 6.54. The topological polar surface area (TPSA) is 183 Å². The number of β-lactam (4-membered cyclic amide) rings is 1. The van der Waals surface area contributed by atoms with Crippen LogP contribution >= 0.6 is 11.8 Å². The third kappa shape index (κ3) is 4.20. The number of carboxylic acid groups (broad SMARTS) is 1. The minimum Gasteiger partial charge on any atom is -0.480 e. The number of hydrogen-bond donors (Lipinski definition) is 4. The first kappa shape index (κ1) is 25.4. The van der Waals surface area contributed by atoms with Crippen LogP contribution in [0, 0.1) is 0 Å². The maximum absolute atomic E-state index is 13.4. The van der Waals surface area contributed by atoms with Gasteiger partial charge in [-0.3, -0.25) is 29.1 Å².